The molecule has 1 unspecified atom stereocenters. The minimum absolute atomic E-state index is 0.0421. The predicted molar refractivity (Wildman–Crippen MR) is 108 cm³/mol. The van der Waals surface area contributed by atoms with Gasteiger partial charge in [-0.1, -0.05) is 12.1 Å². The average Bonchev–Trinajstić information content (AvgIpc) is 3.15. The maximum atomic E-state index is 12.0. The molecular formula is C21H25NO5S. The highest BCUT2D eigenvalue weighted by atomic mass is 32.1. The molecule has 0 aliphatic heterocycles. The van der Waals surface area contributed by atoms with Gasteiger partial charge < -0.3 is 15.2 Å². The van der Waals surface area contributed by atoms with E-state index < -0.39 is 6.10 Å². The van der Waals surface area contributed by atoms with Gasteiger partial charge in [-0.2, -0.15) is 0 Å². The van der Waals surface area contributed by atoms with Crippen LogP contribution in [0.25, 0.3) is 0 Å². The summed E-state index contributed by atoms with van der Waals surface area (Å²) in [5, 5.41) is 12.7. The number of rotatable bonds is 11. The van der Waals surface area contributed by atoms with Crippen LogP contribution in [0.1, 0.15) is 51.9 Å². The fourth-order valence-electron chi connectivity index (χ4n) is 2.58. The Balaban J connectivity index is 1.65. The molecule has 2 aromatic rings. The number of amides is 1. The van der Waals surface area contributed by atoms with Crippen molar-refractivity contribution in [2.24, 2.45) is 0 Å². The largest absolute Gasteiger partial charge is 0.497 e. The minimum atomic E-state index is -0.836. The Labute approximate surface area is 168 Å². The van der Waals surface area contributed by atoms with Gasteiger partial charge in [-0.15, -0.1) is 11.3 Å². The Kier molecular flexibility index (Phi) is 8.35. The lowest BCUT2D eigenvalue weighted by atomic mass is 10.1. The van der Waals surface area contributed by atoms with E-state index >= 15 is 0 Å². The quantitative estimate of drug-likeness (QED) is 0.562. The lowest BCUT2D eigenvalue weighted by Crippen LogP contribution is -2.28. The summed E-state index contributed by atoms with van der Waals surface area (Å²) in [6.07, 6.45) is -0.409. The van der Waals surface area contributed by atoms with Gasteiger partial charge in [-0.25, -0.2) is 0 Å². The Hall–Kier alpha value is -2.51. The summed E-state index contributed by atoms with van der Waals surface area (Å²) in [6, 6.07) is 10.6. The molecule has 0 bridgehead atoms. The molecule has 2 N–H and O–H groups in total. The number of carbonyl (C=O) groups is 3. The van der Waals surface area contributed by atoms with E-state index in [4.69, 9.17) is 4.74 Å². The lowest BCUT2D eigenvalue weighted by molar-refractivity contribution is -0.125. The normalized spacial score (nSPS) is 11.7. The van der Waals surface area contributed by atoms with Gasteiger partial charge in [-0.3, -0.25) is 14.4 Å². The number of carbonyl (C=O) groups excluding carboxylic acids is 3. The number of ether oxygens (including phenoxy) is 1. The Morgan fingerprint density at radius 1 is 1.04 bits per heavy atom. The van der Waals surface area contributed by atoms with E-state index in [0.717, 1.165) is 4.88 Å². The number of aliphatic hydroxyl groups is 1. The first-order valence-corrected chi connectivity index (χ1v) is 9.90. The smallest absolute Gasteiger partial charge is 0.220 e. The van der Waals surface area contributed by atoms with Gasteiger partial charge in [0.1, 0.15) is 11.5 Å². The first-order valence-electron chi connectivity index (χ1n) is 9.09. The zero-order valence-electron chi connectivity index (χ0n) is 16.1. The van der Waals surface area contributed by atoms with Crippen molar-refractivity contribution in [1.29, 1.82) is 0 Å². The summed E-state index contributed by atoms with van der Waals surface area (Å²) >= 11 is 1.42. The number of nitrogens with one attached hydrogen (secondary N) is 1. The van der Waals surface area contributed by atoms with Crippen LogP contribution in [-0.2, 0) is 9.59 Å². The van der Waals surface area contributed by atoms with Gasteiger partial charge in [-0.05, 0) is 36.8 Å². The van der Waals surface area contributed by atoms with E-state index in [1.165, 1.54) is 11.3 Å². The minimum Gasteiger partial charge on any atom is -0.497 e. The highest BCUT2D eigenvalue weighted by molar-refractivity contribution is 7.14. The van der Waals surface area contributed by atoms with Crippen LogP contribution in [0.2, 0.25) is 0 Å². The van der Waals surface area contributed by atoms with Crippen molar-refractivity contribution in [3.63, 3.8) is 0 Å². The second-order valence-electron chi connectivity index (χ2n) is 6.47. The molecule has 1 aromatic heterocycles. The van der Waals surface area contributed by atoms with Crippen molar-refractivity contribution in [2.75, 3.05) is 13.7 Å². The number of aryl methyl sites for hydroxylation is 1. The van der Waals surface area contributed by atoms with Gasteiger partial charge in [0.2, 0.25) is 5.91 Å². The molecule has 0 aliphatic carbocycles. The monoisotopic (exact) mass is 403 g/mol. The van der Waals surface area contributed by atoms with E-state index in [9.17, 15) is 19.5 Å². The molecule has 1 amide bonds. The molecule has 150 valence electrons. The van der Waals surface area contributed by atoms with E-state index in [-0.39, 0.29) is 49.7 Å². The SMILES string of the molecule is COc1ccc(C(O)CNC(=O)CCC(=O)CCC(=O)c2ccc(C)s2)cc1. The van der Waals surface area contributed by atoms with E-state index in [1.807, 2.05) is 13.0 Å². The van der Waals surface area contributed by atoms with Crippen LogP contribution < -0.4 is 10.1 Å². The number of aliphatic hydroxyl groups excluding tert-OH is 1. The fourth-order valence-corrected chi connectivity index (χ4v) is 3.42. The molecule has 2 rings (SSSR count). The van der Waals surface area contributed by atoms with Gasteiger partial charge >= 0.3 is 0 Å². The highest BCUT2D eigenvalue weighted by Crippen LogP contribution is 2.18. The first kappa shape index (κ1) is 21.8. The average molecular weight is 404 g/mol. The van der Waals surface area contributed by atoms with Crippen molar-refractivity contribution in [3.8, 4) is 5.75 Å². The number of benzene rings is 1. The van der Waals surface area contributed by atoms with Crippen LogP contribution in [0.5, 0.6) is 5.75 Å². The molecule has 0 spiro atoms. The summed E-state index contributed by atoms with van der Waals surface area (Å²) in [4.78, 5) is 37.5. The second kappa shape index (κ2) is 10.7. The van der Waals surface area contributed by atoms with Gasteiger partial charge in [0, 0.05) is 37.1 Å². The van der Waals surface area contributed by atoms with Crippen molar-refractivity contribution in [3.05, 3.63) is 51.7 Å². The summed E-state index contributed by atoms with van der Waals surface area (Å²) in [6.45, 7) is 1.99. The van der Waals surface area contributed by atoms with Gasteiger partial charge in [0.05, 0.1) is 18.1 Å². The standard InChI is InChI=1S/C21H25NO5S/c1-14-3-11-20(28-14)18(24)10-6-16(23)7-12-21(26)22-13-19(25)15-4-8-17(27-2)9-5-15/h3-5,8-9,11,19,25H,6-7,10,12-13H2,1-2H3,(H,22,26). The molecular weight excluding hydrogens is 378 g/mol. The number of Topliss-reactive ketones (excluding diaryl/α,β-unsaturated/α-hetero) is 2. The molecule has 0 fully saturated rings. The molecule has 0 saturated heterocycles. The third-order valence-electron chi connectivity index (χ3n) is 4.27. The number of hydrogen-bond donors (Lipinski definition) is 2. The van der Waals surface area contributed by atoms with Gasteiger partial charge in [0.25, 0.3) is 0 Å². The molecule has 7 heteroatoms. The highest BCUT2D eigenvalue weighted by Gasteiger charge is 2.14. The molecule has 1 heterocycles. The maximum Gasteiger partial charge on any atom is 0.220 e. The zero-order chi connectivity index (χ0) is 20.5. The predicted octanol–water partition coefficient (Wildman–Crippen LogP) is 3.23. The molecule has 6 nitrogen and oxygen atoms in total. The van der Waals surface area contributed by atoms with Gasteiger partial charge in [0.15, 0.2) is 5.78 Å². The Bertz CT molecular complexity index is 812. The number of thiophene rings is 1. The fraction of sp³-hybridized carbons (Fsp3) is 0.381. The summed E-state index contributed by atoms with van der Waals surface area (Å²) in [7, 11) is 1.56. The van der Waals surface area contributed by atoms with Crippen molar-refractivity contribution < 1.29 is 24.2 Å². The zero-order valence-corrected chi connectivity index (χ0v) is 16.9. The lowest BCUT2D eigenvalue weighted by Gasteiger charge is -2.12. The van der Waals surface area contributed by atoms with Crippen molar-refractivity contribution >= 4 is 28.8 Å². The summed E-state index contributed by atoms with van der Waals surface area (Å²) in [5.41, 5.74) is 0.666. The molecule has 1 aromatic carbocycles. The number of hydrogen-bond acceptors (Lipinski definition) is 6. The van der Waals surface area contributed by atoms with Crippen LogP contribution in [0.15, 0.2) is 36.4 Å². The van der Waals surface area contributed by atoms with E-state index in [1.54, 1.807) is 37.4 Å². The second-order valence-corrected chi connectivity index (χ2v) is 7.75. The summed E-state index contributed by atoms with van der Waals surface area (Å²) in [5.74, 6) is 0.221. The van der Waals surface area contributed by atoms with Crippen molar-refractivity contribution in [2.45, 2.75) is 38.7 Å². The van der Waals surface area contributed by atoms with Crippen LogP contribution >= 0.6 is 11.3 Å². The van der Waals surface area contributed by atoms with E-state index in [2.05, 4.69) is 5.32 Å². The van der Waals surface area contributed by atoms with Crippen molar-refractivity contribution in [1.82, 2.24) is 5.32 Å². The molecule has 0 saturated carbocycles. The number of methoxy groups -OCH3 is 1. The summed E-state index contributed by atoms with van der Waals surface area (Å²) < 4.78 is 5.06. The van der Waals surface area contributed by atoms with E-state index in [0.29, 0.717) is 16.2 Å². The molecule has 0 aliphatic rings. The van der Waals surface area contributed by atoms with Crippen LogP contribution in [0.4, 0.5) is 0 Å². The number of ketones is 2. The topological polar surface area (TPSA) is 92.7 Å². The maximum absolute atomic E-state index is 12.0. The Morgan fingerprint density at radius 3 is 2.32 bits per heavy atom. The Morgan fingerprint density at radius 2 is 1.71 bits per heavy atom. The third-order valence-corrected chi connectivity index (χ3v) is 5.31. The third kappa shape index (κ3) is 6.90. The van der Waals surface area contributed by atoms with Crippen LogP contribution in [0, 0.1) is 6.92 Å². The molecule has 0 radical (unpaired) electrons. The van der Waals surface area contributed by atoms with Crippen LogP contribution in [0.3, 0.4) is 0 Å². The first-order chi connectivity index (χ1) is 13.4. The molecule has 28 heavy (non-hydrogen) atoms. The molecule has 1 atom stereocenters. The van der Waals surface area contributed by atoms with Crippen LogP contribution in [-0.4, -0.2) is 36.2 Å².